The van der Waals surface area contributed by atoms with E-state index >= 15 is 0 Å². The van der Waals surface area contributed by atoms with Gasteiger partial charge in [0.05, 0.1) is 25.2 Å². The number of anilines is 1. The number of hydrogen-bond acceptors (Lipinski definition) is 7. The molecule has 31 heavy (non-hydrogen) atoms. The van der Waals surface area contributed by atoms with Crippen LogP contribution in [0.25, 0.3) is 11.3 Å². The van der Waals surface area contributed by atoms with E-state index in [9.17, 15) is 8.42 Å². The average molecular weight is 523 g/mol. The first-order valence-electron chi connectivity index (χ1n) is 9.84. The molecule has 1 aliphatic heterocycles. The van der Waals surface area contributed by atoms with E-state index < -0.39 is 15.1 Å². The molecule has 2 heterocycles. The van der Waals surface area contributed by atoms with Crippen LogP contribution in [0.1, 0.15) is 12.8 Å². The van der Waals surface area contributed by atoms with Gasteiger partial charge in [-0.1, -0.05) is 28.1 Å². The van der Waals surface area contributed by atoms with Gasteiger partial charge in [0.2, 0.25) is 0 Å². The van der Waals surface area contributed by atoms with E-state index in [2.05, 4.69) is 20.8 Å². The molecule has 6 nitrogen and oxygen atoms in total. The maximum absolute atomic E-state index is 13.3. The number of aromatic nitrogens is 1. The lowest BCUT2D eigenvalue weighted by atomic mass is 10.1. The van der Waals surface area contributed by atoms with Crippen molar-refractivity contribution in [2.45, 2.75) is 23.0 Å². The molecule has 0 N–H and O–H groups in total. The van der Waals surface area contributed by atoms with Gasteiger partial charge in [0.15, 0.2) is 15.0 Å². The minimum atomic E-state index is -3.49. The maximum atomic E-state index is 13.3. The molecule has 0 saturated carbocycles. The summed E-state index contributed by atoms with van der Waals surface area (Å²) < 4.78 is 37.9. The summed E-state index contributed by atoms with van der Waals surface area (Å²) in [5.74, 6) is 1.18. The molecule has 9 heteroatoms. The van der Waals surface area contributed by atoms with E-state index in [0.717, 1.165) is 26.6 Å². The number of piperidine rings is 1. The molecule has 1 saturated heterocycles. The molecule has 0 aliphatic carbocycles. The fourth-order valence-electron chi connectivity index (χ4n) is 3.73. The Hall–Kier alpha value is -2.10. The van der Waals surface area contributed by atoms with Crippen LogP contribution in [0.15, 0.2) is 57.2 Å². The molecule has 0 amide bonds. The molecule has 1 fully saturated rings. The number of rotatable bonds is 6. The van der Waals surface area contributed by atoms with Crippen LogP contribution >= 0.6 is 27.3 Å². The summed E-state index contributed by atoms with van der Waals surface area (Å²) >= 11 is 4.95. The van der Waals surface area contributed by atoms with Crippen LogP contribution in [-0.2, 0) is 9.84 Å². The standard InChI is InChI=1S/C22H23BrN2O4S2/c1-28-17-5-3-4-15(12-17)19-14-30-22(24-19)25-10-8-18(9-11-25)31(26,27)21-13-16(23)6-7-20(21)29-2/h3-7,12-14,18H,8-11H2,1-2H3. The van der Waals surface area contributed by atoms with Crippen LogP contribution in [0.2, 0.25) is 0 Å². The van der Waals surface area contributed by atoms with E-state index in [-0.39, 0.29) is 4.90 Å². The van der Waals surface area contributed by atoms with Crippen molar-refractivity contribution in [2.75, 3.05) is 32.2 Å². The van der Waals surface area contributed by atoms with E-state index in [1.165, 1.54) is 7.11 Å². The van der Waals surface area contributed by atoms with E-state index in [1.807, 2.05) is 29.6 Å². The molecule has 0 bridgehead atoms. The minimum absolute atomic E-state index is 0.248. The van der Waals surface area contributed by atoms with Gasteiger partial charge < -0.3 is 14.4 Å². The van der Waals surface area contributed by atoms with Gasteiger partial charge in [-0.15, -0.1) is 11.3 Å². The summed E-state index contributed by atoms with van der Waals surface area (Å²) in [6.07, 6.45) is 1.10. The number of benzene rings is 2. The SMILES string of the molecule is COc1cccc(-c2csc(N3CCC(S(=O)(=O)c4cc(Br)ccc4OC)CC3)n2)c1. The molecule has 4 rings (SSSR count). The summed E-state index contributed by atoms with van der Waals surface area (Å²) in [5, 5.41) is 2.50. The monoisotopic (exact) mass is 522 g/mol. The average Bonchev–Trinajstić information content (AvgIpc) is 3.29. The smallest absolute Gasteiger partial charge is 0.185 e. The van der Waals surface area contributed by atoms with Gasteiger partial charge in [-0.2, -0.15) is 0 Å². The molecule has 3 aromatic rings. The topological polar surface area (TPSA) is 68.7 Å². The summed E-state index contributed by atoms with van der Waals surface area (Å²) in [6.45, 7) is 1.29. The molecule has 2 aromatic carbocycles. The Bertz CT molecular complexity index is 1170. The second kappa shape index (κ2) is 9.18. The molecule has 0 atom stereocenters. The van der Waals surface area contributed by atoms with E-state index in [1.54, 1.807) is 36.6 Å². The van der Waals surface area contributed by atoms with Crippen LogP contribution in [-0.4, -0.2) is 46.0 Å². The quantitative estimate of drug-likeness (QED) is 0.452. The minimum Gasteiger partial charge on any atom is -0.497 e. The van der Waals surface area contributed by atoms with Gasteiger partial charge in [0.1, 0.15) is 16.4 Å². The molecular weight excluding hydrogens is 500 g/mol. The second-order valence-corrected chi connectivity index (χ2v) is 11.2. The van der Waals surface area contributed by atoms with Gasteiger partial charge in [0.25, 0.3) is 0 Å². The fourth-order valence-corrected chi connectivity index (χ4v) is 7.05. The van der Waals surface area contributed by atoms with Gasteiger partial charge in [-0.3, -0.25) is 0 Å². The Morgan fingerprint density at radius 1 is 1.10 bits per heavy atom. The van der Waals surface area contributed by atoms with Crippen molar-refractivity contribution in [3.63, 3.8) is 0 Å². The van der Waals surface area contributed by atoms with Crippen molar-refractivity contribution in [2.24, 2.45) is 0 Å². The molecule has 164 valence electrons. The van der Waals surface area contributed by atoms with Crippen molar-refractivity contribution < 1.29 is 17.9 Å². The lowest BCUT2D eigenvalue weighted by Crippen LogP contribution is -2.39. The van der Waals surface area contributed by atoms with Crippen molar-refractivity contribution in [1.82, 2.24) is 4.98 Å². The van der Waals surface area contributed by atoms with Crippen molar-refractivity contribution in [3.05, 3.63) is 52.3 Å². The Labute approximate surface area is 194 Å². The summed E-state index contributed by atoms with van der Waals surface area (Å²) in [4.78, 5) is 7.19. The predicted octanol–water partition coefficient (Wildman–Crippen LogP) is 5.03. The number of ether oxygens (including phenoxy) is 2. The lowest BCUT2D eigenvalue weighted by molar-refractivity contribution is 0.401. The highest BCUT2D eigenvalue weighted by molar-refractivity contribution is 9.10. The van der Waals surface area contributed by atoms with Crippen LogP contribution in [0.3, 0.4) is 0 Å². The Balaban J connectivity index is 1.48. The number of hydrogen-bond donors (Lipinski definition) is 0. The molecule has 0 unspecified atom stereocenters. The third-order valence-electron chi connectivity index (χ3n) is 5.44. The first-order valence-corrected chi connectivity index (χ1v) is 13.1. The Kier molecular flexibility index (Phi) is 6.55. The number of thiazole rings is 1. The van der Waals surface area contributed by atoms with Crippen LogP contribution in [0, 0.1) is 0 Å². The third-order valence-corrected chi connectivity index (χ3v) is 9.12. The zero-order chi connectivity index (χ0) is 22.0. The Morgan fingerprint density at radius 3 is 2.58 bits per heavy atom. The van der Waals surface area contributed by atoms with Gasteiger partial charge in [-0.25, -0.2) is 13.4 Å². The predicted molar refractivity (Wildman–Crippen MR) is 127 cm³/mol. The number of methoxy groups -OCH3 is 2. The number of halogens is 1. The van der Waals surface area contributed by atoms with Gasteiger partial charge in [0, 0.05) is 28.5 Å². The first-order chi connectivity index (χ1) is 14.9. The van der Waals surface area contributed by atoms with Crippen molar-refractivity contribution >= 4 is 42.2 Å². The highest BCUT2D eigenvalue weighted by atomic mass is 79.9. The molecule has 1 aliphatic rings. The highest BCUT2D eigenvalue weighted by Gasteiger charge is 2.34. The van der Waals surface area contributed by atoms with Crippen LogP contribution < -0.4 is 14.4 Å². The number of nitrogens with zero attached hydrogens (tertiary/aromatic N) is 2. The third kappa shape index (κ3) is 4.58. The Morgan fingerprint density at radius 2 is 1.87 bits per heavy atom. The largest absolute Gasteiger partial charge is 0.497 e. The summed E-state index contributed by atoms with van der Waals surface area (Å²) in [7, 11) is -0.351. The summed E-state index contributed by atoms with van der Waals surface area (Å²) in [5.41, 5.74) is 1.90. The van der Waals surface area contributed by atoms with Gasteiger partial charge in [-0.05, 0) is 43.2 Å². The fraction of sp³-hybridized carbons (Fsp3) is 0.318. The zero-order valence-electron chi connectivity index (χ0n) is 17.2. The molecule has 0 spiro atoms. The molecule has 0 radical (unpaired) electrons. The number of sulfone groups is 1. The highest BCUT2D eigenvalue weighted by Crippen LogP contribution is 2.35. The zero-order valence-corrected chi connectivity index (χ0v) is 20.5. The lowest BCUT2D eigenvalue weighted by Gasteiger charge is -2.31. The van der Waals surface area contributed by atoms with Gasteiger partial charge >= 0.3 is 0 Å². The second-order valence-electron chi connectivity index (χ2n) is 7.27. The first kappa shape index (κ1) is 22.1. The normalized spacial score (nSPS) is 15.1. The van der Waals surface area contributed by atoms with E-state index in [0.29, 0.717) is 31.7 Å². The van der Waals surface area contributed by atoms with Crippen molar-refractivity contribution in [3.8, 4) is 22.8 Å². The molecular formula is C22H23BrN2O4S2. The summed E-state index contributed by atoms with van der Waals surface area (Å²) in [6, 6.07) is 12.9. The molecule has 1 aromatic heterocycles. The van der Waals surface area contributed by atoms with Crippen molar-refractivity contribution in [1.29, 1.82) is 0 Å². The van der Waals surface area contributed by atoms with Crippen LogP contribution in [0.5, 0.6) is 11.5 Å². The van der Waals surface area contributed by atoms with Crippen LogP contribution in [0.4, 0.5) is 5.13 Å². The maximum Gasteiger partial charge on any atom is 0.185 e. The van der Waals surface area contributed by atoms with E-state index in [4.69, 9.17) is 14.5 Å².